The van der Waals surface area contributed by atoms with Crippen LogP contribution in [0.5, 0.6) is 0 Å². The molecule has 1 aliphatic heterocycles. The molecule has 0 unspecified atom stereocenters. The van der Waals surface area contributed by atoms with Gasteiger partial charge in [-0.15, -0.1) is 11.3 Å². The minimum absolute atomic E-state index is 0.101. The lowest BCUT2D eigenvalue weighted by Gasteiger charge is -2.28. The van der Waals surface area contributed by atoms with Crippen molar-refractivity contribution >= 4 is 23.2 Å². The van der Waals surface area contributed by atoms with E-state index in [1.165, 1.54) is 11.3 Å². The number of amides is 2. The van der Waals surface area contributed by atoms with Crippen molar-refractivity contribution in [2.75, 3.05) is 13.6 Å². The van der Waals surface area contributed by atoms with Gasteiger partial charge in [0.15, 0.2) is 5.69 Å². The van der Waals surface area contributed by atoms with Crippen LogP contribution in [-0.4, -0.2) is 59.8 Å². The van der Waals surface area contributed by atoms with Gasteiger partial charge >= 0.3 is 0 Å². The summed E-state index contributed by atoms with van der Waals surface area (Å²) in [6.07, 6.45) is 2.24. The van der Waals surface area contributed by atoms with Crippen LogP contribution in [0.15, 0.2) is 53.5 Å². The van der Waals surface area contributed by atoms with E-state index in [9.17, 15) is 9.59 Å². The van der Waals surface area contributed by atoms with Crippen molar-refractivity contribution in [1.29, 1.82) is 0 Å². The van der Waals surface area contributed by atoms with Crippen LogP contribution in [-0.2, 0) is 33.1 Å². The van der Waals surface area contributed by atoms with E-state index in [-0.39, 0.29) is 11.8 Å². The van der Waals surface area contributed by atoms with Gasteiger partial charge in [0.2, 0.25) is 0 Å². The third kappa shape index (κ3) is 4.24. The molecule has 4 heterocycles. The second kappa shape index (κ2) is 9.22. The summed E-state index contributed by atoms with van der Waals surface area (Å²) in [7, 11) is 3.51. The molecule has 1 aliphatic rings. The van der Waals surface area contributed by atoms with E-state index in [0.29, 0.717) is 44.0 Å². The molecule has 3 aromatic heterocycles. The maximum absolute atomic E-state index is 13.5. The predicted molar refractivity (Wildman–Crippen MR) is 127 cm³/mol. The van der Waals surface area contributed by atoms with Crippen molar-refractivity contribution in [3.05, 3.63) is 87.4 Å². The van der Waals surface area contributed by atoms with E-state index in [1.807, 2.05) is 40.4 Å². The molecule has 0 fully saturated rings. The molecular formula is C24H25N7O2S. The molecule has 0 aliphatic carbocycles. The van der Waals surface area contributed by atoms with E-state index >= 15 is 0 Å². The Kier molecular flexibility index (Phi) is 5.97. The zero-order valence-electron chi connectivity index (χ0n) is 19.1. The standard InChI is InChI=1S/C24H25N7O2S/c1-28(13-18-15-34-16-25-18)24(33)22-19-14-30(23(32)21-8-10-26-29(21)2)11-9-20(19)31(27-22)12-17-6-4-3-5-7-17/h3-8,10,15-16H,9,11-14H2,1-2H3. The molecular weight excluding hydrogens is 450 g/mol. The van der Waals surface area contributed by atoms with Gasteiger partial charge < -0.3 is 9.80 Å². The van der Waals surface area contributed by atoms with Crippen LogP contribution in [0.4, 0.5) is 0 Å². The summed E-state index contributed by atoms with van der Waals surface area (Å²) in [4.78, 5) is 34.3. The first-order valence-electron chi connectivity index (χ1n) is 11.0. The Morgan fingerprint density at radius 3 is 2.71 bits per heavy atom. The van der Waals surface area contributed by atoms with Gasteiger partial charge in [-0.3, -0.25) is 19.0 Å². The molecule has 10 heteroatoms. The maximum Gasteiger partial charge on any atom is 0.274 e. The summed E-state index contributed by atoms with van der Waals surface area (Å²) in [5.74, 6) is -0.276. The van der Waals surface area contributed by atoms with Crippen LogP contribution in [0.1, 0.15) is 43.5 Å². The smallest absolute Gasteiger partial charge is 0.274 e. The normalized spacial score (nSPS) is 13.1. The zero-order valence-corrected chi connectivity index (χ0v) is 19.9. The van der Waals surface area contributed by atoms with Crippen LogP contribution >= 0.6 is 11.3 Å². The highest BCUT2D eigenvalue weighted by Crippen LogP contribution is 2.26. The van der Waals surface area contributed by atoms with E-state index in [1.54, 1.807) is 46.4 Å². The van der Waals surface area contributed by atoms with Gasteiger partial charge in [-0.2, -0.15) is 10.2 Å². The highest BCUT2D eigenvalue weighted by molar-refractivity contribution is 7.07. The van der Waals surface area contributed by atoms with Crippen molar-refractivity contribution < 1.29 is 9.59 Å². The lowest BCUT2D eigenvalue weighted by Crippen LogP contribution is -2.38. The Morgan fingerprint density at radius 2 is 2.00 bits per heavy atom. The number of aryl methyl sites for hydroxylation is 1. The Labute approximate surface area is 201 Å². The minimum Gasteiger partial charge on any atom is -0.334 e. The summed E-state index contributed by atoms with van der Waals surface area (Å²) in [5.41, 5.74) is 6.44. The van der Waals surface area contributed by atoms with Gasteiger partial charge in [0.25, 0.3) is 11.8 Å². The number of nitrogens with zero attached hydrogens (tertiary/aromatic N) is 7. The van der Waals surface area contributed by atoms with Crippen molar-refractivity contribution in [3.63, 3.8) is 0 Å². The molecule has 0 saturated heterocycles. The largest absolute Gasteiger partial charge is 0.334 e. The number of hydrogen-bond acceptors (Lipinski definition) is 6. The van der Waals surface area contributed by atoms with Gasteiger partial charge in [0, 0.05) is 49.9 Å². The third-order valence-corrected chi connectivity index (χ3v) is 6.70. The lowest BCUT2D eigenvalue weighted by molar-refractivity contribution is 0.0711. The number of carbonyl (C=O) groups excluding carboxylic acids is 2. The molecule has 0 bridgehead atoms. The third-order valence-electron chi connectivity index (χ3n) is 6.07. The highest BCUT2D eigenvalue weighted by atomic mass is 32.1. The lowest BCUT2D eigenvalue weighted by atomic mass is 10.0. The fraction of sp³-hybridized carbons (Fsp3) is 0.292. The Hall–Kier alpha value is -3.79. The minimum atomic E-state index is -0.175. The number of rotatable bonds is 6. The number of fused-ring (bicyclic) bond motifs is 1. The van der Waals surface area contributed by atoms with Crippen molar-refractivity contribution in [1.82, 2.24) is 34.3 Å². The quantitative estimate of drug-likeness (QED) is 0.428. The average Bonchev–Trinajstić information content (AvgIpc) is 3.59. The maximum atomic E-state index is 13.5. The van der Waals surface area contributed by atoms with E-state index < -0.39 is 0 Å². The number of thiazole rings is 1. The highest BCUT2D eigenvalue weighted by Gasteiger charge is 2.32. The molecule has 0 saturated carbocycles. The van der Waals surface area contributed by atoms with E-state index in [0.717, 1.165) is 22.5 Å². The molecule has 34 heavy (non-hydrogen) atoms. The summed E-state index contributed by atoms with van der Waals surface area (Å²) in [6, 6.07) is 11.8. The number of carbonyl (C=O) groups is 2. The molecule has 4 aromatic rings. The summed E-state index contributed by atoms with van der Waals surface area (Å²) >= 11 is 1.50. The van der Waals surface area contributed by atoms with E-state index in [2.05, 4.69) is 10.1 Å². The average molecular weight is 476 g/mol. The number of benzene rings is 1. The van der Waals surface area contributed by atoms with Crippen molar-refractivity contribution in [2.45, 2.75) is 26.1 Å². The first-order valence-corrected chi connectivity index (χ1v) is 12.0. The van der Waals surface area contributed by atoms with Gasteiger partial charge in [-0.1, -0.05) is 30.3 Å². The summed E-state index contributed by atoms with van der Waals surface area (Å²) in [5, 5.41) is 10.8. The first-order chi connectivity index (χ1) is 16.5. The van der Waals surface area contributed by atoms with Crippen LogP contribution < -0.4 is 0 Å². The molecule has 0 atom stereocenters. The molecule has 1 aromatic carbocycles. The van der Waals surface area contributed by atoms with Gasteiger partial charge in [0.05, 0.1) is 30.8 Å². The van der Waals surface area contributed by atoms with Gasteiger partial charge in [-0.25, -0.2) is 4.98 Å². The Balaban J connectivity index is 1.47. The second-order valence-electron chi connectivity index (χ2n) is 8.37. The molecule has 2 amide bonds. The fourth-order valence-corrected chi connectivity index (χ4v) is 4.83. The van der Waals surface area contributed by atoms with E-state index in [4.69, 9.17) is 5.10 Å². The van der Waals surface area contributed by atoms with Gasteiger partial charge in [-0.05, 0) is 11.6 Å². The molecule has 0 radical (unpaired) electrons. The molecule has 0 N–H and O–H groups in total. The molecule has 5 rings (SSSR count). The Morgan fingerprint density at radius 1 is 1.18 bits per heavy atom. The van der Waals surface area contributed by atoms with Crippen LogP contribution in [0.2, 0.25) is 0 Å². The first kappa shape index (κ1) is 22.0. The van der Waals surface area contributed by atoms with Crippen LogP contribution in [0.25, 0.3) is 0 Å². The van der Waals surface area contributed by atoms with Crippen LogP contribution in [0.3, 0.4) is 0 Å². The monoisotopic (exact) mass is 475 g/mol. The second-order valence-corrected chi connectivity index (χ2v) is 9.09. The predicted octanol–water partition coefficient (Wildman–Crippen LogP) is 2.59. The van der Waals surface area contributed by atoms with Crippen molar-refractivity contribution in [3.8, 4) is 0 Å². The van der Waals surface area contributed by atoms with Gasteiger partial charge in [0.1, 0.15) is 5.69 Å². The fourth-order valence-electron chi connectivity index (χ4n) is 4.28. The molecule has 9 nitrogen and oxygen atoms in total. The SMILES string of the molecule is CN(Cc1cscn1)C(=O)c1nn(Cc2ccccc2)c2c1CN(C(=O)c1ccnn1C)CC2. The number of aromatic nitrogens is 5. The molecule has 0 spiro atoms. The topological polar surface area (TPSA) is 89.2 Å². The summed E-state index contributed by atoms with van der Waals surface area (Å²) < 4.78 is 3.49. The Bertz CT molecular complexity index is 1310. The van der Waals surface area contributed by atoms with Crippen LogP contribution in [0, 0.1) is 0 Å². The van der Waals surface area contributed by atoms with Crippen molar-refractivity contribution in [2.24, 2.45) is 7.05 Å². The zero-order chi connectivity index (χ0) is 23.7. The number of hydrogen-bond donors (Lipinski definition) is 0. The summed E-state index contributed by atoms with van der Waals surface area (Å²) in [6.45, 7) is 1.86. The molecule has 174 valence electrons.